The molecule has 0 aromatic heterocycles. The summed E-state index contributed by atoms with van der Waals surface area (Å²) < 4.78 is 0.977. The third-order valence-corrected chi connectivity index (χ3v) is 2.80. The lowest BCUT2D eigenvalue weighted by atomic mass is 10.0. The van der Waals surface area contributed by atoms with Crippen LogP contribution in [0.2, 0.25) is 0 Å². The maximum Gasteiger partial charge on any atom is 0.0625 e. The molecular weight excluding hydrogens is 270 g/mol. The van der Waals surface area contributed by atoms with E-state index in [2.05, 4.69) is 26.0 Å². The first kappa shape index (κ1) is 13.0. The van der Waals surface area contributed by atoms with Gasteiger partial charge in [0.1, 0.15) is 0 Å². The van der Waals surface area contributed by atoms with Crippen LogP contribution in [0, 0.1) is 0 Å². The van der Waals surface area contributed by atoms with Crippen LogP contribution in [-0.2, 0) is 0 Å². The zero-order valence-electron chi connectivity index (χ0n) is 8.88. The van der Waals surface area contributed by atoms with Crippen LogP contribution in [0.4, 0.5) is 0 Å². The van der Waals surface area contributed by atoms with Crippen LogP contribution in [0.3, 0.4) is 0 Å². The molecule has 0 saturated carbocycles. The molecule has 5 heteroatoms. The zero-order chi connectivity index (χ0) is 11.8. The molecule has 0 aliphatic carbocycles. The minimum Gasteiger partial charge on any atom is -0.396 e. The predicted octanol–water partition coefficient (Wildman–Crippen LogP) is 3.96. The molecule has 4 nitrogen and oxygen atoms in total. The van der Waals surface area contributed by atoms with Crippen molar-refractivity contribution in [2.75, 3.05) is 6.61 Å². The molecule has 1 N–H and O–H groups in total. The maximum absolute atomic E-state index is 8.71. The van der Waals surface area contributed by atoms with Crippen LogP contribution in [0.15, 0.2) is 33.9 Å². The highest BCUT2D eigenvalue weighted by atomic mass is 79.9. The molecule has 0 aliphatic rings. The molecule has 0 radical (unpaired) electrons. The summed E-state index contributed by atoms with van der Waals surface area (Å²) in [7, 11) is 0. The second-order valence-electron chi connectivity index (χ2n) is 3.50. The highest BCUT2D eigenvalue weighted by Gasteiger charge is 2.09. The molecule has 0 spiro atoms. The standard InChI is InChI=1S/C11H14BrN3O/c12-10-5-3-4-9(8-10)11(14-15-13)6-1-2-7-16/h3-5,8,11,16H,1-2,6-7H2. The fourth-order valence-corrected chi connectivity index (χ4v) is 1.93. The normalized spacial score (nSPS) is 11.9. The first-order valence-corrected chi connectivity index (χ1v) is 5.97. The molecule has 86 valence electrons. The highest BCUT2D eigenvalue weighted by Crippen LogP contribution is 2.26. The summed E-state index contributed by atoms with van der Waals surface area (Å²) >= 11 is 3.39. The Hall–Kier alpha value is -1.03. The Balaban J connectivity index is 2.73. The molecule has 1 atom stereocenters. The Bertz CT molecular complexity index is 377. The number of unbranched alkanes of at least 4 members (excludes halogenated alkanes) is 1. The molecule has 1 aromatic carbocycles. The van der Waals surface area contributed by atoms with Crippen LogP contribution in [0.5, 0.6) is 0 Å². The third kappa shape index (κ3) is 4.23. The predicted molar refractivity (Wildman–Crippen MR) is 67.0 cm³/mol. The lowest BCUT2D eigenvalue weighted by Gasteiger charge is -2.11. The molecule has 0 saturated heterocycles. The lowest BCUT2D eigenvalue weighted by Crippen LogP contribution is -1.96. The molecule has 0 bridgehead atoms. The molecular formula is C11H14BrN3O. The SMILES string of the molecule is [N-]=[N+]=NC(CCCCO)c1cccc(Br)c1. The first-order chi connectivity index (χ1) is 7.77. The molecule has 1 unspecified atom stereocenters. The number of hydrogen-bond donors (Lipinski definition) is 1. The van der Waals surface area contributed by atoms with Crippen molar-refractivity contribution in [3.05, 3.63) is 44.7 Å². The van der Waals surface area contributed by atoms with E-state index in [9.17, 15) is 0 Å². The summed E-state index contributed by atoms with van der Waals surface area (Å²) in [6.07, 6.45) is 2.36. The minimum absolute atomic E-state index is 0.144. The van der Waals surface area contributed by atoms with Crippen molar-refractivity contribution in [3.63, 3.8) is 0 Å². The van der Waals surface area contributed by atoms with E-state index in [-0.39, 0.29) is 12.6 Å². The number of aliphatic hydroxyl groups is 1. The second-order valence-corrected chi connectivity index (χ2v) is 4.41. The molecule has 0 fully saturated rings. The van der Waals surface area contributed by atoms with Crippen LogP contribution in [0.1, 0.15) is 30.9 Å². The Kier molecular flexibility index (Phi) is 5.93. The number of nitrogens with zero attached hydrogens (tertiary/aromatic N) is 3. The van der Waals surface area contributed by atoms with E-state index < -0.39 is 0 Å². The highest BCUT2D eigenvalue weighted by molar-refractivity contribution is 9.10. The summed E-state index contributed by atoms with van der Waals surface area (Å²) in [4.78, 5) is 2.87. The van der Waals surface area contributed by atoms with Gasteiger partial charge < -0.3 is 5.11 Å². The van der Waals surface area contributed by atoms with E-state index >= 15 is 0 Å². The average Bonchev–Trinajstić information content (AvgIpc) is 2.28. The van der Waals surface area contributed by atoms with E-state index in [0.29, 0.717) is 0 Å². The van der Waals surface area contributed by atoms with Gasteiger partial charge in [0, 0.05) is 16.0 Å². The van der Waals surface area contributed by atoms with Crippen molar-refractivity contribution in [1.29, 1.82) is 0 Å². The molecule has 0 amide bonds. The Morgan fingerprint density at radius 1 is 1.44 bits per heavy atom. The van der Waals surface area contributed by atoms with Crippen LogP contribution < -0.4 is 0 Å². The number of halogens is 1. The maximum atomic E-state index is 8.71. The molecule has 16 heavy (non-hydrogen) atoms. The molecule has 0 aliphatic heterocycles. The van der Waals surface area contributed by atoms with Gasteiger partial charge in [-0.1, -0.05) is 39.6 Å². The quantitative estimate of drug-likeness (QED) is 0.365. The largest absolute Gasteiger partial charge is 0.396 e. The fraction of sp³-hybridized carbons (Fsp3) is 0.455. The summed E-state index contributed by atoms with van der Waals surface area (Å²) in [6.45, 7) is 0.182. The second kappa shape index (κ2) is 7.28. The van der Waals surface area contributed by atoms with Gasteiger partial charge in [0.25, 0.3) is 0 Å². The minimum atomic E-state index is -0.144. The summed E-state index contributed by atoms with van der Waals surface area (Å²) in [5.41, 5.74) is 9.53. The zero-order valence-corrected chi connectivity index (χ0v) is 10.5. The third-order valence-electron chi connectivity index (χ3n) is 2.31. The summed E-state index contributed by atoms with van der Waals surface area (Å²) in [6, 6.07) is 7.62. The van der Waals surface area contributed by atoms with Crippen molar-refractivity contribution in [1.82, 2.24) is 0 Å². The summed E-state index contributed by atoms with van der Waals surface area (Å²) in [5, 5.41) is 12.5. The summed E-state index contributed by atoms with van der Waals surface area (Å²) in [5.74, 6) is 0. The van der Waals surface area contributed by atoms with Gasteiger partial charge in [0.15, 0.2) is 0 Å². The van der Waals surface area contributed by atoms with Crippen molar-refractivity contribution in [2.24, 2.45) is 5.11 Å². The van der Waals surface area contributed by atoms with Crippen molar-refractivity contribution >= 4 is 15.9 Å². The molecule has 0 heterocycles. The van der Waals surface area contributed by atoms with E-state index in [1.807, 2.05) is 24.3 Å². The van der Waals surface area contributed by atoms with Crippen LogP contribution in [0.25, 0.3) is 10.4 Å². The molecule has 1 rings (SSSR count). The Morgan fingerprint density at radius 2 is 2.25 bits per heavy atom. The van der Waals surface area contributed by atoms with E-state index in [1.165, 1.54) is 0 Å². The van der Waals surface area contributed by atoms with Crippen molar-refractivity contribution in [3.8, 4) is 0 Å². The van der Waals surface area contributed by atoms with Gasteiger partial charge in [-0.2, -0.15) is 0 Å². The van der Waals surface area contributed by atoms with Gasteiger partial charge >= 0.3 is 0 Å². The van der Waals surface area contributed by atoms with Gasteiger partial charge in [-0.05, 0) is 36.1 Å². The van der Waals surface area contributed by atoms with E-state index in [4.69, 9.17) is 10.6 Å². The van der Waals surface area contributed by atoms with Gasteiger partial charge in [-0.25, -0.2) is 0 Å². The van der Waals surface area contributed by atoms with Crippen molar-refractivity contribution < 1.29 is 5.11 Å². The van der Waals surface area contributed by atoms with Gasteiger partial charge in [-0.15, -0.1) is 0 Å². The number of hydrogen-bond acceptors (Lipinski definition) is 2. The number of aliphatic hydroxyl groups excluding tert-OH is 1. The van der Waals surface area contributed by atoms with Gasteiger partial charge in [0.05, 0.1) is 6.04 Å². The number of benzene rings is 1. The van der Waals surface area contributed by atoms with Crippen LogP contribution >= 0.6 is 15.9 Å². The Labute approximate surface area is 103 Å². The monoisotopic (exact) mass is 283 g/mol. The smallest absolute Gasteiger partial charge is 0.0625 e. The molecule has 1 aromatic rings. The lowest BCUT2D eigenvalue weighted by molar-refractivity contribution is 0.281. The van der Waals surface area contributed by atoms with Crippen LogP contribution in [-0.4, -0.2) is 11.7 Å². The van der Waals surface area contributed by atoms with E-state index in [1.54, 1.807) is 0 Å². The topological polar surface area (TPSA) is 69.0 Å². The van der Waals surface area contributed by atoms with Gasteiger partial charge in [0.2, 0.25) is 0 Å². The van der Waals surface area contributed by atoms with Gasteiger partial charge in [-0.3, -0.25) is 0 Å². The number of azide groups is 1. The fourth-order valence-electron chi connectivity index (χ4n) is 1.52. The number of rotatable bonds is 6. The average molecular weight is 284 g/mol. The first-order valence-electron chi connectivity index (χ1n) is 5.18. The van der Waals surface area contributed by atoms with E-state index in [0.717, 1.165) is 29.3 Å². The van der Waals surface area contributed by atoms with Crippen molar-refractivity contribution in [2.45, 2.75) is 25.3 Å². The Morgan fingerprint density at radius 3 is 2.88 bits per heavy atom.